The molecular formula is C19H17N3O4S. The Morgan fingerprint density at radius 2 is 1.93 bits per heavy atom. The average Bonchev–Trinajstić information content (AvgIpc) is 3.00. The molecule has 0 unspecified atom stereocenters. The molecular weight excluding hydrogens is 366 g/mol. The van der Waals surface area contributed by atoms with E-state index in [0.29, 0.717) is 11.8 Å². The number of benzene rings is 2. The molecule has 3 rings (SSSR count). The van der Waals surface area contributed by atoms with Crippen LogP contribution < -0.4 is 10.1 Å². The van der Waals surface area contributed by atoms with Crippen molar-refractivity contribution in [1.82, 2.24) is 5.32 Å². The minimum absolute atomic E-state index is 0.246. The van der Waals surface area contributed by atoms with Gasteiger partial charge in [0, 0.05) is 0 Å². The highest BCUT2D eigenvalue weighted by Gasteiger charge is 2.32. The smallest absolute Gasteiger partial charge is 0.305 e. The molecule has 7 nitrogen and oxygen atoms in total. The lowest BCUT2D eigenvalue weighted by atomic mass is 10.2. The molecule has 0 aromatic heterocycles. The van der Waals surface area contributed by atoms with Crippen molar-refractivity contribution in [2.24, 2.45) is 10.2 Å². The molecule has 2 aromatic rings. The summed E-state index contributed by atoms with van der Waals surface area (Å²) in [4.78, 5) is 22.3. The second-order valence-corrected chi connectivity index (χ2v) is 6.88. The van der Waals surface area contributed by atoms with Gasteiger partial charge in [-0.05, 0) is 35.4 Å². The lowest BCUT2D eigenvalue weighted by molar-refractivity contribution is -0.138. The maximum Gasteiger partial charge on any atom is 0.305 e. The second-order valence-electron chi connectivity index (χ2n) is 5.69. The lowest BCUT2D eigenvalue weighted by Gasteiger charge is -2.06. The molecule has 8 heteroatoms. The topological polar surface area (TPSA) is 100 Å². The summed E-state index contributed by atoms with van der Waals surface area (Å²) in [5.41, 5.74) is 1.92. The summed E-state index contributed by atoms with van der Waals surface area (Å²) in [6, 6.07) is 17.3. The molecule has 0 radical (unpaired) electrons. The Labute approximate surface area is 160 Å². The minimum atomic E-state index is -1.03. The maximum absolute atomic E-state index is 11.6. The quantitative estimate of drug-likeness (QED) is 0.566. The first-order chi connectivity index (χ1) is 13.1. The molecule has 2 N–H and O–H groups in total. The number of nitrogens with zero attached hydrogens (tertiary/aromatic N) is 2. The van der Waals surface area contributed by atoms with E-state index in [9.17, 15) is 9.59 Å². The highest BCUT2D eigenvalue weighted by molar-refractivity contribution is 8.15. The fourth-order valence-electron chi connectivity index (χ4n) is 2.28. The van der Waals surface area contributed by atoms with Crippen molar-refractivity contribution in [1.29, 1.82) is 0 Å². The van der Waals surface area contributed by atoms with Gasteiger partial charge in [-0.2, -0.15) is 5.10 Å². The van der Waals surface area contributed by atoms with Crippen LogP contribution in [0.2, 0.25) is 0 Å². The zero-order valence-electron chi connectivity index (χ0n) is 14.2. The Morgan fingerprint density at radius 1 is 1.19 bits per heavy atom. The number of thioether (sulfide) groups is 1. The molecule has 1 saturated heterocycles. The molecule has 1 heterocycles. The number of aliphatic carboxylic acids is 1. The number of nitrogens with one attached hydrogen (secondary N) is 1. The van der Waals surface area contributed by atoms with Crippen molar-refractivity contribution < 1.29 is 19.4 Å². The monoisotopic (exact) mass is 383 g/mol. The van der Waals surface area contributed by atoms with Gasteiger partial charge < -0.3 is 15.2 Å². The average molecular weight is 383 g/mol. The second kappa shape index (κ2) is 9.00. The van der Waals surface area contributed by atoms with Crippen molar-refractivity contribution in [3.8, 4) is 5.75 Å². The molecule has 2 aromatic carbocycles. The summed E-state index contributed by atoms with van der Waals surface area (Å²) >= 11 is 1.06. The van der Waals surface area contributed by atoms with Crippen LogP contribution in [0.4, 0.5) is 0 Å². The number of amidine groups is 1. The van der Waals surface area contributed by atoms with Crippen molar-refractivity contribution in [2.75, 3.05) is 0 Å². The van der Waals surface area contributed by atoms with Crippen LogP contribution in [0.1, 0.15) is 17.5 Å². The van der Waals surface area contributed by atoms with Gasteiger partial charge in [-0.15, -0.1) is 5.10 Å². The van der Waals surface area contributed by atoms with E-state index in [2.05, 4.69) is 15.5 Å². The Hall–Kier alpha value is -3.13. The standard InChI is InChI=1S/C19H17N3O4S/c23-17(24)10-16-18(25)21-19(27-16)22-20-11-13-6-8-15(9-7-13)26-12-14-4-2-1-3-5-14/h1-9,11,16H,10,12H2,(H,23,24)(H,21,22,25)/b20-11-/t16-/m1/s1. The zero-order valence-corrected chi connectivity index (χ0v) is 15.1. The molecule has 0 aliphatic carbocycles. The predicted octanol–water partition coefficient (Wildman–Crippen LogP) is 2.66. The molecule has 1 aliphatic rings. The van der Waals surface area contributed by atoms with Crippen LogP contribution in [0.3, 0.4) is 0 Å². The highest BCUT2D eigenvalue weighted by atomic mass is 32.2. The predicted molar refractivity (Wildman–Crippen MR) is 104 cm³/mol. The van der Waals surface area contributed by atoms with Crippen molar-refractivity contribution >= 4 is 35.0 Å². The van der Waals surface area contributed by atoms with Crippen LogP contribution in [0.15, 0.2) is 64.8 Å². The summed E-state index contributed by atoms with van der Waals surface area (Å²) in [7, 11) is 0. The van der Waals surface area contributed by atoms with E-state index in [1.807, 2.05) is 54.6 Å². The number of ether oxygens (including phenoxy) is 1. The third-order valence-corrected chi connectivity index (χ3v) is 4.69. The zero-order chi connectivity index (χ0) is 19.1. The fourth-order valence-corrected chi connectivity index (χ4v) is 3.20. The van der Waals surface area contributed by atoms with E-state index in [4.69, 9.17) is 9.84 Å². The molecule has 1 atom stereocenters. The van der Waals surface area contributed by atoms with E-state index in [0.717, 1.165) is 28.6 Å². The number of carboxylic acid groups (broad SMARTS) is 1. The normalized spacial score (nSPS) is 18.0. The molecule has 138 valence electrons. The number of carboxylic acids is 1. The van der Waals surface area contributed by atoms with Crippen molar-refractivity contribution in [2.45, 2.75) is 18.3 Å². The van der Waals surface area contributed by atoms with E-state index in [-0.39, 0.29) is 12.3 Å². The number of rotatable bonds is 7. The van der Waals surface area contributed by atoms with E-state index >= 15 is 0 Å². The summed E-state index contributed by atoms with van der Waals surface area (Å²) in [5, 5.41) is 18.7. The van der Waals surface area contributed by atoms with Gasteiger partial charge in [0.05, 0.1) is 12.6 Å². The van der Waals surface area contributed by atoms with E-state index in [1.165, 1.54) is 0 Å². The third-order valence-electron chi connectivity index (χ3n) is 3.62. The van der Waals surface area contributed by atoms with E-state index < -0.39 is 11.2 Å². The van der Waals surface area contributed by atoms with Gasteiger partial charge in [0.2, 0.25) is 5.91 Å². The minimum Gasteiger partial charge on any atom is -0.489 e. The molecule has 1 fully saturated rings. The fraction of sp³-hybridized carbons (Fsp3) is 0.158. The molecule has 0 spiro atoms. The number of amides is 1. The van der Waals surface area contributed by atoms with Crippen molar-refractivity contribution in [3.05, 3.63) is 65.7 Å². The van der Waals surface area contributed by atoms with Gasteiger partial charge in [0.15, 0.2) is 5.17 Å². The van der Waals surface area contributed by atoms with Gasteiger partial charge in [0.1, 0.15) is 17.6 Å². The van der Waals surface area contributed by atoms with Crippen LogP contribution in [0.25, 0.3) is 0 Å². The summed E-state index contributed by atoms with van der Waals surface area (Å²) in [6.07, 6.45) is 1.30. The van der Waals surface area contributed by atoms with Gasteiger partial charge in [0.25, 0.3) is 0 Å². The highest BCUT2D eigenvalue weighted by Crippen LogP contribution is 2.22. The maximum atomic E-state index is 11.6. The number of hydrogen-bond acceptors (Lipinski definition) is 6. The first-order valence-corrected chi connectivity index (χ1v) is 9.05. The first-order valence-electron chi connectivity index (χ1n) is 8.17. The Kier molecular flexibility index (Phi) is 6.22. The number of carbonyl (C=O) groups excluding carboxylic acids is 1. The third kappa shape index (κ3) is 5.68. The Balaban J connectivity index is 1.52. The number of hydrogen-bond donors (Lipinski definition) is 2. The SMILES string of the molecule is O=C(O)C[C@H]1S/C(=N\N=C/c2ccc(OCc3ccccc3)cc2)NC1=O. The van der Waals surface area contributed by atoms with Crippen molar-refractivity contribution in [3.63, 3.8) is 0 Å². The largest absolute Gasteiger partial charge is 0.489 e. The lowest BCUT2D eigenvalue weighted by Crippen LogP contribution is -2.26. The molecule has 0 saturated carbocycles. The molecule has 0 bridgehead atoms. The van der Waals surface area contributed by atoms with E-state index in [1.54, 1.807) is 6.21 Å². The summed E-state index contributed by atoms with van der Waals surface area (Å²) in [6.45, 7) is 0.496. The molecule has 1 aliphatic heterocycles. The summed E-state index contributed by atoms with van der Waals surface area (Å²) in [5.74, 6) is -0.643. The molecule has 27 heavy (non-hydrogen) atoms. The molecule has 1 amide bonds. The van der Waals surface area contributed by atoms with Gasteiger partial charge in [-0.1, -0.05) is 42.1 Å². The van der Waals surface area contributed by atoms with Gasteiger partial charge >= 0.3 is 5.97 Å². The number of carbonyl (C=O) groups is 2. The van der Waals surface area contributed by atoms with Crippen LogP contribution in [0, 0.1) is 0 Å². The van der Waals surface area contributed by atoms with Crippen LogP contribution in [0.5, 0.6) is 5.75 Å². The first kappa shape index (κ1) is 18.7. The van der Waals surface area contributed by atoms with Crippen LogP contribution in [-0.2, 0) is 16.2 Å². The van der Waals surface area contributed by atoms with Gasteiger partial charge in [-0.3, -0.25) is 9.59 Å². The van der Waals surface area contributed by atoms with Crippen LogP contribution >= 0.6 is 11.8 Å². The van der Waals surface area contributed by atoms with Crippen LogP contribution in [-0.4, -0.2) is 33.6 Å². The van der Waals surface area contributed by atoms with Gasteiger partial charge in [-0.25, -0.2) is 0 Å². The Morgan fingerprint density at radius 3 is 2.63 bits per heavy atom. The summed E-state index contributed by atoms with van der Waals surface area (Å²) < 4.78 is 5.72. The Bertz CT molecular complexity index is 866.